The Balaban J connectivity index is 1.84. The number of aromatic nitrogens is 1. The average molecular weight is 270 g/mol. The zero-order chi connectivity index (χ0) is 12.9. The summed E-state index contributed by atoms with van der Waals surface area (Å²) in [6.07, 6.45) is 4.57. The monoisotopic (exact) mass is 270 g/mol. The number of nitrogens with one attached hydrogen (secondary N) is 1. The molecule has 2 aliphatic carbocycles. The molecular weight excluding hydrogens is 252 g/mol. The number of nitrogens with zero attached hydrogens (tertiary/aromatic N) is 1. The van der Waals surface area contributed by atoms with Gasteiger partial charge in [0.15, 0.2) is 5.76 Å². The molecule has 0 spiro atoms. The van der Waals surface area contributed by atoms with Gasteiger partial charge in [0.05, 0.1) is 0 Å². The zero-order valence-electron chi connectivity index (χ0n) is 10.6. The lowest BCUT2D eigenvalue weighted by Crippen LogP contribution is -2.38. The summed E-state index contributed by atoms with van der Waals surface area (Å²) in [7, 11) is -3.49. The van der Waals surface area contributed by atoms with Crippen molar-refractivity contribution in [2.24, 2.45) is 11.8 Å². The van der Waals surface area contributed by atoms with Gasteiger partial charge in [-0.1, -0.05) is 11.6 Å². The van der Waals surface area contributed by atoms with Crippen LogP contribution in [0.15, 0.2) is 9.42 Å². The molecule has 5 nitrogen and oxygen atoms in total. The number of hydrogen-bond acceptors (Lipinski definition) is 4. The predicted molar refractivity (Wildman–Crippen MR) is 65.5 cm³/mol. The van der Waals surface area contributed by atoms with Crippen LogP contribution in [0.1, 0.15) is 37.1 Å². The molecule has 1 N–H and O–H groups in total. The van der Waals surface area contributed by atoms with Gasteiger partial charge in [0, 0.05) is 6.04 Å². The summed E-state index contributed by atoms with van der Waals surface area (Å²) in [4.78, 5) is 0.213. The number of hydrogen-bond donors (Lipinski definition) is 1. The second-order valence-electron chi connectivity index (χ2n) is 5.56. The van der Waals surface area contributed by atoms with Crippen LogP contribution < -0.4 is 4.72 Å². The summed E-state index contributed by atoms with van der Waals surface area (Å²) in [6, 6.07) is 0.0995. The molecule has 3 rings (SSSR count). The molecule has 0 amide bonds. The fourth-order valence-electron chi connectivity index (χ4n) is 3.51. The first-order chi connectivity index (χ1) is 8.47. The molecule has 0 saturated heterocycles. The number of fused-ring (bicyclic) bond motifs is 2. The molecule has 0 aliphatic heterocycles. The third-order valence-corrected chi connectivity index (χ3v) is 6.01. The lowest BCUT2D eigenvalue weighted by atomic mass is 9.96. The molecule has 2 bridgehead atoms. The predicted octanol–water partition coefficient (Wildman–Crippen LogP) is 1.76. The summed E-state index contributed by atoms with van der Waals surface area (Å²) in [5.41, 5.74) is 0.433. The molecule has 100 valence electrons. The molecule has 2 fully saturated rings. The van der Waals surface area contributed by atoms with E-state index >= 15 is 0 Å². The molecule has 0 aromatic carbocycles. The standard InChI is InChI=1S/C12H18N2O3S/c1-7-12(8(2)17-13-7)18(15,16)14-11-6-9-3-4-10(11)5-9/h9-11,14H,3-6H2,1-2H3/t9-,10-,11+/m0/s1. The van der Waals surface area contributed by atoms with Gasteiger partial charge in [0.1, 0.15) is 10.6 Å². The second kappa shape index (κ2) is 4.06. The maximum atomic E-state index is 12.4. The van der Waals surface area contributed by atoms with Crippen LogP contribution in [0.4, 0.5) is 0 Å². The van der Waals surface area contributed by atoms with E-state index in [1.54, 1.807) is 13.8 Å². The highest BCUT2D eigenvalue weighted by Crippen LogP contribution is 2.44. The Morgan fingerprint density at radius 3 is 2.56 bits per heavy atom. The Morgan fingerprint density at radius 1 is 1.28 bits per heavy atom. The Morgan fingerprint density at radius 2 is 2.06 bits per heavy atom. The highest BCUT2D eigenvalue weighted by atomic mass is 32.2. The van der Waals surface area contributed by atoms with Crippen molar-refractivity contribution in [1.29, 1.82) is 0 Å². The van der Waals surface area contributed by atoms with Crippen LogP contribution >= 0.6 is 0 Å². The van der Waals surface area contributed by atoms with E-state index in [4.69, 9.17) is 4.52 Å². The van der Waals surface area contributed by atoms with E-state index in [0.717, 1.165) is 12.8 Å². The average Bonchev–Trinajstić information content (AvgIpc) is 2.93. The van der Waals surface area contributed by atoms with E-state index in [9.17, 15) is 8.42 Å². The molecule has 6 heteroatoms. The smallest absolute Gasteiger partial charge is 0.246 e. The molecule has 18 heavy (non-hydrogen) atoms. The Hall–Kier alpha value is -0.880. The largest absolute Gasteiger partial charge is 0.360 e. The van der Waals surface area contributed by atoms with Gasteiger partial charge in [-0.3, -0.25) is 0 Å². The molecule has 0 unspecified atom stereocenters. The minimum atomic E-state index is -3.49. The van der Waals surface area contributed by atoms with Gasteiger partial charge < -0.3 is 4.52 Å². The minimum Gasteiger partial charge on any atom is -0.360 e. The van der Waals surface area contributed by atoms with E-state index < -0.39 is 10.0 Å². The maximum absolute atomic E-state index is 12.4. The van der Waals surface area contributed by atoms with Gasteiger partial charge in [-0.2, -0.15) is 0 Å². The van der Waals surface area contributed by atoms with Crippen LogP contribution in [0.5, 0.6) is 0 Å². The first-order valence-corrected chi connectivity index (χ1v) is 7.91. The van der Waals surface area contributed by atoms with Crippen molar-refractivity contribution in [2.75, 3.05) is 0 Å². The summed E-state index contributed by atoms with van der Waals surface area (Å²) in [5, 5.41) is 3.71. The fraction of sp³-hybridized carbons (Fsp3) is 0.750. The summed E-state index contributed by atoms with van der Waals surface area (Å²) >= 11 is 0. The maximum Gasteiger partial charge on any atom is 0.246 e. The van der Waals surface area contributed by atoms with Crippen LogP contribution in [0.3, 0.4) is 0 Å². The zero-order valence-corrected chi connectivity index (χ0v) is 11.5. The highest BCUT2D eigenvalue weighted by Gasteiger charge is 2.42. The summed E-state index contributed by atoms with van der Waals surface area (Å²) < 4.78 is 32.5. The first-order valence-electron chi connectivity index (χ1n) is 6.42. The topological polar surface area (TPSA) is 72.2 Å². The molecule has 2 aliphatic rings. The van der Waals surface area contributed by atoms with Crippen LogP contribution in [0.2, 0.25) is 0 Å². The Labute approximate surface area is 107 Å². The van der Waals surface area contributed by atoms with Crippen LogP contribution in [-0.2, 0) is 10.0 Å². The van der Waals surface area contributed by atoms with Gasteiger partial charge in [-0.25, -0.2) is 13.1 Å². The molecule has 1 aromatic heterocycles. The third-order valence-electron chi connectivity index (χ3n) is 4.28. The van der Waals surface area contributed by atoms with Gasteiger partial charge in [0.25, 0.3) is 0 Å². The van der Waals surface area contributed by atoms with Crippen molar-refractivity contribution in [3.63, 3.8) is 0 Å². The fourth-order valence-corrected chi connectivity index (χ4v) is 5.15. The highest BCUT2D eigenvalue weighted by molar-refractivity contribution is 7.89. The van der Waals surface area contributed by atoms with E-state index in [1.807, 2.05) is 0 Å². The number of aryl methyl sites for hydroxylation is 2. The van der Waals surface area contributed by atoms with Gasteiger partial charge >= 0.3 is 0 Å². The molecule has 1 aromatic rings. The van der Waals surface area contributed by atoms with Crippen molar-refractivity contribution >= 4 is 10.0 Å². The lowest BCUT2D eigenvalue weighted by molar-refractivity contribution is 0.386. The number of sulfonamides is 1. The van der Waals surface area contributed by atoms with Crippen molar-refractivity contribution in [1.82, 2.24) is 9.88 Å². The van der Waals surface area contributed by atoms with Crippen molar-refractivity contribution in [2.45, 2.75) is 50.5 Å². The lowest BCUT2D eigenvalue weighted by Gasteiger charge is -2.22. The SMILES string of the molecule is Cc1noc(C)c1S(=O)(=O)N[C@@H]1C[C@H]2CC[C@H]1C2. The van der Waals surface area contributed by atoms with Crippen molar-refractivity contribution in [3.8, 4) is 0 Å². The molecule has 0 radical (unpaired) electrons. The quantitative estimate of drug-likeness (QED) is 0.908. The van der Waals surface area contributed by atoms with Crippen LogP contribution in [-0.4, -0.2) is 19.6 Å². The molecule has 2 saturated carbocycles. The Bertz CT molecular complexity index is 544. The van der Waals surface area contributed by atoms with Gasteiger partial charge in [-0.05, 0) is 44.9 Å². The minimum absolute atomic E-state index is 0.0995. The Kier molecular flexibility index (Phi) is 2.75. The van der Waals surface area contributed by atoms with Gasteiger partial charge in [-0.15, -0.1) is 0 Å². The summed E-state index contributed by atoms with van der Waals surface area (Å²) in [6.45, 7) is 3.29. The molecular formula is C12H18N2O3S. The molecule has 3 atom stereocenters. The van der Waals surface area contributed by atoms with E-state index in [1.165, 1.54) is 12.8 Å². The van der Waals surface area contributed by atoms with Crippen LogP contribution in [0.25, 0.3) is 0 Å². The van der Waals surface area contributed by atoms with E-state index in [0.29, 0.717) is 23.3 Å². The van der Waals surface area contributed by atoms with E-state index in [2.05, 4.69) is 9.88 Å². The third kappa shape index (κ3) is 1.87. The van der Waals surface area contributed by atoms with Crippen molar-refractivity contribution < 1.29 is 12.9 Å². The second-order valence-corrected chi connectivity index (χ2v) is 7.21. The summed E-state index contributed by atoms with van der Waals surface area (Å²) in [5.74, 6) is 1.60. The van der Waals surface area contributed by atoms with Crippen molar-refractivity contribution in [3.05, 3.63) is 11.5 Å². The van der Waals surface area contributed by atoms with Crippen LogP contribution in [0, 0.1) is 25.7 Å². The number of rotatable bonds is 3. The normalized spacial score (nSPS) is 31.1. The van der Waals surface area contributed by atoms with E-state index in [-0.39, 0.29) is 10.9 Å². The van der Waals surface area contributed by atoms with Gasteiger partial charge in [0.2, 0.25) is 10.0 Å². The molecule has 1 heterocycles. The first kappa shape index (κ1) is 12.2.